The van der Waals surface area contributed by atoms with Gasteiger partial charge in [0.1, 0.15) is 0 Å². The molecule has 2 unspecified atom stereocenters. The number of hydrogen-bond acceptors (Lipinski definition) is 2. The van der Waals surface area contributed by atoms with Crippen molar-refractivity contribution < 1.29 is 4.79 Å². The molecule has 0 bridgehead atoms. The summed E-state index contributed by atoms with van der Waals surface area (Å²) in [6.45, 7) is 5.87. The van der Waals surface area contributed by atoms with E-state index >= 15 is 0 Å². The van der Waals surface area contributed by atoms with Crippen LogP contribution in [0.5, 0.6) is 0 Å². The Labute approximate surface area is 116 Å². The summed E-state index contributed by atoms with van der Waals surface area (Å²) in [6, 6.07) is 10.5. The molecule has 0 fully saturated rings. The first-order chi connectivity index (χ1) is 8.95. The van der Waals surface area contributed by atoms with E-state index in [4.69, 9.17) is 5.73 Å². The monoisotopic (exact) mass is 262 g/mol. The molecule has 0 aromatic heterocycles. The van der Waals surface area contributed by atoms with Gasteiger partial charge < -0.3 is 11.1 Å². The van der Waals surface area contributed by atoms with E-state index in [1.165, 1.54) is 5.56 Å². The first kappa shape index (κ1) is 15.7. The largest absolute Gasteiger partial charge is 0.352 e. The summed E-state index contributed by atoms with van der Waals surface area (Å²) in [5, 5.41) is 3.01. The number of amides is 1. The van der Waals surface area contributed by atoms with Crippen LogP contribution in [-0.4, -0.2) is 17.5 Å². The van der Waals surface area contributed by atoms with Crippen molar-refractivity contribution in [2.45, 2.75) is 58.0 Å². The first-order valence-corrected chi connectivity index (χ1v) is 7.09. The lowest BCUT2D eigenvalue weighted by molar-refractivity contribution is -0.126. The summed E-state index contributed by atoms with van der Waals surface area (Å²) in [5.41, 5.74) is 6.56. The smallest absolute Gasteiger partial charge is 0.240 e. The van der Waals surface area contributed by atoms with Crippen LogP contribution in [0.1, 0.15) is 45.6 Å². The van der Waals surface area contributed by atoms with Gasteiger partial charge in [-0.15, -0.1) is 0 Å². The van der Waals surface area contributed by atoms with Crippen molar-refractivity contribution in [2.24, 2.45) is 5.73 Å². The minimum atomic E-state index is -0.754. The highest BCUT2D eigenvalue weighted by atomic mass is 16.2. The van der Waals surface area contributed by atoms with Crippen LogP contribution in [0.15, 0.2) is 30.3 Å². The summed E-state index contributed by atoms with van der Waals surface area (Å²) >= 11 is 0. The SMILES string of the molecule is CCCC(C)(N)C(=O)NC(C)CCc1ccccc1. The van der Waals surface area contributed by atoms with E-state index < -0.39 is 5.54 Å². The van der Waals surface area contributed by atoms with Crippen LogP contribution in [0, 0.1) is 0 Å². The predicted octanol–water partition coefficient (Wildman–Crippen LogP) is 2.64. The number of nitrogens with two attached hydrogens (primary N) is 1. The fourth-order valence-electron chi connectivity index (χ4n) is 2.12. The molecular formula is C16H26N2O. The van der Waals surface area contributed by atoms with Crippen LogP contribution >= 0.6 is 0 Å². The second-order valence-corrected chi connectivity index (χ2v) is 5.57. The molecule has 2 atom stereocenters. The van der Waals surface area contributed by atoms with Gasteiger partial charge in [0.15, 0.2) is 0 Å². The molecule has 3 nitrogen and oxygen atoms in total. The van der Waals surface area contributed by atoms with Gasteiger partial charge in [-0.2, -0.15) is 0 Å². The lowest BCUT2D eigenvalue weighted by Gasteiger charge is -2.25. The van der Waals surface area contributed by atoms with E-state index in [1.807, 2.05) is 32.0 Å². The molecular weight excluding hydrogens is 236 g/mol. The van der Waals surface area contributed by atoms with E-state index in [0.717, 1.165) is 19.3 Å². The van der Waals surface area contributed by atoms with Crippen LogP contribution in [0.4, 0.5) is 0 Å². The molecule has 19 heavy (non-hydrogen) atoms. The van der Waals surface area contributed by atoms with Gasteiger partial charge in [0, 0.05) is 6.04 Å². The molecule has 1 aromatic carbocycles. The lowest BCUT2D eigenvalue weighted by Crippen LogP contribution is -2.53. The highest BCUT2D eigenvalue weighted by Gasteiger charge is 2.27. The van der Waals surface area contributed by atoms with E-state index in [-0.39, 0.29) is 11.9 Å². The fraction of sp³-hybridized carbons (Fsp3) is 0.562. The molecule has 3 heteroatoms. The Kier molecular flexibility index (Phi) is 6.03. The molecule has 3 N–H and O–H groups in total. The zero-order valence-electron chi connectivity index (χ0n) is 12.3. The molecule has 0 radical (unpaired) electrons. The quantitative estimate of drug-likeness (QED) is 0.793. The summed E-state index contributed by atoms with van der Waals surface area (Å²) in [5.74, 6) is -0.0464. The number of benzene rings is 1. The van der Waals surface area contributed by atoms with Crippen molar-refractivity contribution in [3.63, 3.8) is 0 Å². The van der Waals surface area contributed by atoms with Crippen molar-refractivity contribution in [1.29, 1.82) is 0 Å². The molecule has 0 aliphatic carbocycles. The average Bonchev–Trinajstić information content (AvgIpc) is 2.37. The van der Waals surface area contributed by atoms with Gasteiger partial charge in [0.25, 0.3) is 0 Å². The van der Waals surface area contributed by atoms with Gasteiger partial charge in [-0.1, -0.05) is 43.7 Å². The summed E-state index contributed by atoms with van der Waals surface area (Å²) in [7, 11) is 0. The number of carbonyl (C=O) groups excluding carboxylic acids is 1. The van der Waals surface area contributed by atoms with Crippen LogP contribution < -0.4 is 11.1 Å². The van der Waals surface area contributed by atoms with Gasteiger partial charge in [-0.3, -0.25) is 4.79 Å². The topological polar surface area (TPSA) is 55.1 Å². The summed E-state index contributed by atoms with van der Waals surface area (Å²) in [6.07, 6.45) is 3.53. The molecule has 0 spiro atoms. The van der Waals surface area contributed by atoms with Gasteiger partial charge in [0.05, 0.1) is 5.54 Å². The highest BCUT2D eigenvalue weighted by molar-refractivity contribution is 5.85. The zero-order valence-corrected chi connectivity index (χ0v) is 12.3. The third kappa shape index (κ3) is 5.43. The maximum absolute atomic E-state index is 12.0. The molecule has 1 aromatic rings. The maximum atomic E-state index is 12.0. The Morgan fingerprint density at radius 2 is 2.00 bits per heavy atom. The van der Waals surface area contributed by atoms with E-state index in [0.29, 0.717) is 6.42 Å². The second-order valence-electron chi connectivity index (χ2n) is 5.57. The van der Waals surface area contributed by atoms with Crippen molar-refractivity contribution in [2.75, 3.05) is 0 Å². The van der Waals surface area contributed by atoms with Crippen LogP contribution in [0.2, 0.25) is 0 Å². The number of nitrogens with one attached hydrogen (secondary N) is 1. The van der Waals surface area contributed by atoms with E-state index in [2.05, 4.69) is 17.4 Å². The van der Waals surface area contributed by atoms with Crippen LogP contribution in [0.25, 0.3) is 0 Å². The standard InChI is InChI=1S/C16H26N2O/c1-4-12-16(3,17)15(19)18-13(2)10-11-14-8-6-5-7-9-14/h5-9,13H,4,10-12,17H2,1-3H3,(H,18,19). The average molecular weight is 262 g/mol. The number of rotatable bonds is 7. The van der Waals surface area contributed by atoms with Gasteiger partial charge >= 0.3 is 0 Å². The third-order valence-corrected chi connectivity index (χ3v) is 3.37. The molecule has 1 rings (SSSR count). The van der Waals surface area contributed by atoms with Crippen LogP contribution in [-0.2, 0) is 11.2 Å². The Morgan fingerprint density at radius 3 is 2.58 bits per heavy atom. The van der Waals surface area contributed by atoms with Gasteiger partial charge in [-0.05, 0) is 38.7 Å². The molecule has 0 heterocycles. The molecule has 0 aliphatic heterocycles. The van der Waals surface area contributed by atoms with Crippen molar-refractivity contribution in [3.05, 3.63) is 35.9 Å². The second kappa shape index (κ2) is 7.29. The van der Waals surface area contributed by atoms with Crippen molar-refractivity contribution >= 4 is 5.91 Å². The Hall–Kier alpha value is -1.35. The van der Waals surface area contributed by atoms with Gasteiger partial charge in [-0.25, -0.2) is 0 Å². The minimum Gasteiger partial charge on any atom is -0.352 e. The molecule has 0 aliphatic rings. The highest BCUT2D eigenvalue weighted by Crippen LogP contribution is 2.10. The molecule has 106 valence electrons. The molecule has 0 saturated carbocycles. The predicted molar refractivity (Wildman–Crippen MR) is 79.9 cm³/mol. The number of hydrogen-bond donors (Lipinski definition) is 2. The lowest BCUT2D eigenvalue weighted by atomic mass is 9.96. The zero-order chi connectivity index (χ0) is 14.3. The third-order valence-electron chi connectivity index (χ3n) is 3.37. The normalized spacial score (nSPS) is 15.6. The summed E-state index contributed by atoms with van der Waals surface area (Å²) < 4.78 is 0. The Balaban J connectivity index is 2.39. The van der Waals surface area contributed by atoms with Crippen molar-refractivity contribution in [3.8, 4) is 0 Å². The van der Waals surface area contributed by atoms with Crippen molar-refractivity contribution in [1.82, 2.24) is 5.32 Å². The molecule has 1 amide bonds. The Morgan fingerprint density at radius 1 is 1.37 bits per heavy atom. The summed E-state index contributed by atoms with van der Waals surface area (Å²) in [4.78, 5) is 12.0. The van der Waals surface area contributed by atoms with E-state index in [9.17, 15) is 4.79 Å². The first-order valence-electron chi connectivity index (χ1n) is 7.09. The number of carbonyl (C=O) groups is 1. The van der Waals surface area contributed by atoms with E-state index in [1.54, 1.807) is 6.92 Å². The molecule has 0 saturated heterocycles. The minimum absolute atomic E-state index is 0.0464. The maximum Gasteiger partial charge on any atom is 0.240 e. The van der Waals surface area contributed by atoms with Gasteiger partial charge in [0.2, 0.25) is 5.91 Å². The Bertz CT molecular complexity index is 387. The fourth-order valence-corrected chi connectivity index (χ4v) is 2.12. The number of aryl methyl sites for hydroxylation is 1. The van der Waals surface area contributed by atoms with Crippen LogP contribution in [0.3, 0.4) is 0 Å².